The van der Waals surface area contributed by atoms with Crippen molar-refractivity contribution in [2.75, 3.05) is 11.9 Å². The summed E-state index contributed by atoms with van der Waals surface area (Å²) >= 11 is 5.89. The van der Waals surface area contributed by atoms with E-state index in [-0.39, 0.29) is 24.1 Å². The van der Waals surface area contributed by atoms with E-state index in [2.05, 4.69) is 5.32 Å². The number of aromatic carboxylic acids is 1. The van der Waals surface area contributed by atoms with Crippen LogP contribution in [0.2, 0.25) is 5.02 Å². The molecule has 0 heterocycles. The first kappa shape index (κ1) is 13.2. The number of aliphatic hydroxyl groups excluding tert-OH is 1. The monoisotopic (exact) mass is 269 g/mol. The number of hydrogen-bond donors (Lipinski definition) is 3. The highest BCUT2D eigenvalue weighted by atomic mass is 35.5. The third kappa shape index (κ3) is 2.76. The molecule has 98 valence electrons. The number of carboxylic acids is 1. The maximum atomic E-state index is 11.1. The molecule has 1 aromatic rings. The van der Waals surface area contributed by atoms with Crippen molar-refractivity contribution in [1.82, 2.24) is 0 Å². The number of hydrogen-bond acceptors (Lipinski definition) is 3. The maximum absolute atomic E-state index is 11.1. The predicted octanol–water partition coefficient (Wildman–Crippen LogP) is 2.61. The molecule has 0 aliphatic heterocycles. The summed E-state index contributed by atoms with van der Waals surface area (Å²) in [7, 11) is 0. The first-order valence-corrected chi connectivity index (χ1v) is 6.40. The fourth-order valence-corrected chi connectivity index (χ4v) is 2.64. The summed E-state index contributed by atoms with van der Waals surface area (Å²) in [5.41, 5.74) is 0.739. The van der Waals surface area contributed by atoms with E-state index in [0.717, 1.165) is 19.3 Å². The van der Waals surface area contributed by atoms with Gasteiger partial charge in [0, 0.05) is 23.6 Å². The van der Waals surface area contributed by atoms with Crippen LogP contribution in [0.3, 0.4) is 0 Å². The standard InChI is InChI=1S/C13H16ClNO3/c14-9-4-5-10(13(17)18)12(6-9)15-11-3-1-2-8(11)7-16/h4-6,8,11,15-16H,1-3,7H2,(H,17,18). The molecule has 0 spiro atoms. The fourth-order valence-electron chi connectivity index (χ4n) is 2.47. The van der Waals surface area contributed by atoms with E-state index in [1.165, 1.54) is 6.07 Å². The summed E-state index contributed by atoms with van der Waals surface area (Å²) in [6.45, 7) is 0.126. The van der Waals surface area contributed by atoms with Crippen LogP contribution in [0.1, 0.15) is 29.6 Å². The molecule has 1 saturated carbocycles. The topological polar surface area (TPSA) is 69.6 Å². The Hall–Kier alpha value is -1.26. The molecule has 0 saturated heterocycles. The van der Waals surface area contributed by atoms with Gasteiger partial charge in [0.1, 0.15) is 0 Å². The Morgan fingerprint density at radius 2 is 2.22 bits per heavy atom. The van der Waals surface area contributed by atoms with Gasteiger partial charge in [0.05, 0.1) is 11.3 Å². The molecule has 1 aliphatic carbocycles. The van der Waals surface area contributed by atoms with Crippen LogP contribution < -0.4 is 5.32 Å². The molecule has 18 heavy (non-hydrogen) atoms. The molecule has 0 bridgehead atoms. The van der Waals surface area contributed by atoms with E-state index in [1.807, 2.05) is 0 Å². The molecule has 1 aromatic carbocycles. The van der Waals surface area contributed by atoms with Gasteiger partial charge in [-0.15, -0.1) is 0 Å². The average molecular weight is 270 g/mol. The van der Waals surface area contributed by atoms with Crippen LogP contribution in [0.4, 0.5) is 5.69 Å². The Balaban J connectivity index is 2.22. The lowest BCUT2D eigenvalue weighted by Crippen LogP contribution is -2.27. The lowest BCUT2D eigenvalue weighted by atomic mass is 10.0. The van der Waals surface area contributed by atoms with Crippen molar-refractivity contribution in [1.29, 1.82) is 0 Å². The minimum Gasteiger partial charge on any atom is -0.478 e. The van der Waals surface area contributed by atoms with Gasteiger partial charge in [-0.25, -0.2) is 4.79 Å². The van der Waals surface area contributed by atoms with Gasteiger partial charge in [0.25, 0.3) is 0 Å². The zero-order chi connectivity index (χ0) is 13.1. The Kier molecular flexibility index (Phi) is 4.09. The molecule has 4 nitrogen and oxygen atoms in total. The van der Waals surface area contributed by atoms with Crippen molar-refractivity contribution in [2.24, 2.45) is 5.92 Å². The van der Waals surface area contributed by atoms with Crippen LogP contribution in [0.25, 0.3) is 0 Å². The fraction of sp³-hybridized carbons (Fsp3) is 0.462. The zero-order valence-corrected chi connectivity index (χ0v) is 10.7. The van der Waals surface area contributed by atoms with Crippen molar-refractivity contribution < 1.29 is 15.0 Å². The number of carbonyl (C=O) groups is 1. The maximum Gasteiger partial charge on any atom is 0.337 e. The van der Waals surface area contributed by atoms with E-state index in [0.29, 0.717) is 10.7 Å². The van der Waals surface area contributed by atoms with Crippen molar-refractivity contribution >= 4 is 23.3 Å². The number of benzene rings is 1. The summed E-state index contributed by atoms with van der Waals surface area (Å²) in [5, 5.41) is 22.1. The van der Waals surface area contributed by atoms with E-state index in [1.54, 1.807) is 12.1 Å². The molecular weight excluding hydrogens is 254 g/mol. The van der Waals surface area contributed by atoms with E-state index >= 15 is 0 Å². The molecular formula is C13H16ClNO3. The van der Waals surface area contributed by atoms with Crippen molar-refractivity contribution in [3.8, 4) is 0 Å². The molecule has 0 aromatic heterocycles. The number of halogens is 1. The Labute approximate surface area is 111 Å². The summed E-state index contributed by atoms with van der Waals surface area (Å²) in [6, 6.07) is 4.80. The first-order chi connectivity index (χ1) is 8.61. The average Bonchev–Trinajstić information content (AvgIpc) is 2.76. The quantitative estimate of drug-likeness (QED) is 0.786. The molecule has 3 N–H and O–H groups in total. The van der Waals surface area contributed by atoms with Crippen molar-refractivity contribution in [2.45, 2.75) is 25.3 Å². The van der Waals surface area contributed by atoms with Gasteiger partial charge in [-0.2, -0.15) is 0 Å². The lowest BCUT2D eigenvalue weighted by Gasteiger charge is -2.21. The van der Waals surface area contributed by atoms with E-state index in [4.69, 9.17) is 16.7 Å². The van der Waals surface area contributed by atoms with Crippen LogP contribution in [0.15, 0.2) is 18.2 Å². The third-order valence-electron chi connectivity index (χ3n) is 3.45. The Morgan fingerprint density at radius 1 is 1.44 bits per heavy atom. The summed E-state index contributed by atoms with van der Waals surface area (Å²) < 4.78 is 0. The molecule has 0 radical (unpaired) electrons. The van der Waals surface area contributed by atoms with Crippen LogP contribution in [-0.2, 0) is 0 Å². The van der Waals surface area contributed by atoms with Gasteiger partial charge in [-0.05, 0) is 31.0 Å². The minimum atomic E-state index is -0.979. The van der Waals surface area contributed by atoms with Crippen LogP contribution >= 0.6 is 11.6 Å². The lowest BCUT2D eigenvalue weighted by molar-refractivity contribution is 0.0698. The SMILES string of the molecule is O=C(O)c1ccc(Cl)cc1NC1CCCC1CO. The second kappa shape index (κ2) is 5.59. The number of rotatable bonds is 4. The van der Waals surface area contributed by atoms with Gasteiger partial charge in [-0.1, -0.05) is 18.0 Å². The third-order valence-corrected chi connectivity index (χ3v) is 3.68. The second-order valence-corrected chi connectivity index (χ2v) is 5.06. The minimum absolute atomic E-state index is 0.117. The molecule has 1 aliphatic rings. The van der Waals surface area contributed by atoms with Crippen molar-refractivity contribution in [3.05, 3.63) is 28.8 Å². The highest BCUT2D eigenvalue weighted by Gasteiger charge is 2.27. The van der Waals surface area contributed by atoms with E-state index in [9.17, 15) is 9.90 Å². The molecule has 2 unspecified atom stereocenters. The largest absolute Gasteiger partial charge is 0.478 e. The van der Waals surface area contributed by atoms with Gasteiger partial charge in [-0.3, -0.25) is 0 Å². The van der Waals surface area contributed by atoms with Crippen molar-refractivity contribution in [3.63, 3.8) is 0 Å². The number of nitrogens with one attached hydrogen (secondary N) is 1. The van der Waals surface area contributed by atoms with Gasteiger partial charge < -0.3 is 15.5 Å². The normalized spacial score (nSPS) is 23.0. The van der Waals surface area contributed by atoms with E-state index < -0.39 is 5.97 Å². The molecule has 1 fully saturated rings. The molecule has 2 rings (SSSR count). The molecule has 0 amide bonds. The summed E-state index contributed by atoms with van der Waals surface area (Å²) in [6.07, 6.45) is 2.96. The first-order valence-electron chi connectivity index (χ1n) is 6.02. The summed E-state index contributed by atoms with van der Waals surface area (Å²) in [5.74, 6) is -0.793. The summed E-state index contributed by atoms with van der Waals surface area (Å²) in [4.78, 5) is 11.1. The Bertz CT molecular complexity index is 450. The highest BCUT2D eigenvalue weighted by Crippen LogP contribution is 2.30. The smallest absolute Gasteiger partial charge is 0.337 e. The molecule has 5 heteroatoms. The van der Waals surface area contributed by atoms with Crippen LogP contribution in [0, 0.1) is 5.92 Å². The number of anilines is 1. The van der Waals surface area contributed by atoms with Gasteiger partial charge >= 0.3 is 5.97 Å². The predicted molar refractivity (Wildman–Crippen MR) is 70.2 cm³/mol. The number of aliphatic hydroxyl groups is 1. The highest BCUT2D eigenvalue weighted by molar-refractivity contribution is 6.31. The molecule has 2 atom stereocenters. The Morgan fingerprint density at radius 3 is 2.89 bits per heavy atom. The number of carboxylic acid groups (broad SMARTS) is 1. The van der Waals surface area contributed by atoms with Gasteiger partial charge in [0.2, 0.25) is 0 Å². The van der Waals surface area contributed by atoms with Gasteiger partial charge in [0.15, 0.2) is 0 Å². The van der Waals surface area contributed by atoms with Crippen LogP contribution in [0.5, 0.6) is 0 Å². The van der Waals surface area contributed by atoms with Crippen LogP contribution in [-0.4, -0.2) is 28.8 Å². The second-order valence-electron chi connectivity index (χ2n) is 4.62. The zero-order valence-electron chi connectivity index (χ0n) is 9.90.